The number of nitrogens with zero attached hydrogens (tertiary/aromatic N) is 5. The minimum atomic E-state index is -0.212. The lowest BCUT2D eigenvalue weighted by Crippen LogP contribution is -2.42. The van der Waals surface area contributed by atoms with Crippen LogP contribution in [0.4, 0.5) is 0 Å². The molecule has 7 heteroatoms. The first-order valence-corrected chi connectivity index (χ1v) is 8.32. The number of likely N-dealkylation sites (tertiary alicyclic amines) is 1. The lowest BCUT2D eigenvalue weighted by Gasteiger charge is -2.39. The largest absolute Gasteiger partial charge is 0.349 e. The summed E-state index contributed by atoms with van der Waals surface area (Å²) in [6.45, 7) is 3.52. The summed E-state index contributed by atoms with van der Waals surface area (Å²) < 4.78 is 1.92. The van der Waals surface area contributed by atoms with Gasteiger partial charge in [0, 0.05) is 31.7 Å². The lowest BCUT2D eigenvalue weighted by molar-refractivity contribution is 0.0871. The van der Waals surface area contributed by atoms with Crippen LogP contribution in [0, 0.1) is 12.8 Å². The second kappa shape index (κ2) is 7.09. The number of hydrogen-bond acceptors (Lipinski definition) is 5. The Morgan fingerprint density at radius 1 is 1.33 bits per heavy atom. The van der Waals surface area contributed by atoms with Crippen molar-refractivity contribution in [1.82, 2.24) is 30.0 Å². The van der Waals surface area contributed by atoms with Gasteiger partial charge in [0.25, 0.3) is 5.91 Å². The van der Waals surface area contributed by atoms with Gasteiger partial charge in [0.1, 0.15) is 0 Å². The number of hydrogen-bond donors (Lipinski definition) is 1. The molecule has 7 nitrogen and oxygen atoms in total. The fourth-order valence-corrected chi connectivity index (χ4v) is 3.48. The van der Waals surface area contributed by atoms with Gasteiger partial charge in [-0.3, -0.25) is 14.4 Å². The third kappa shape index (κ3) is 3.46. The first-order chi connectivity index (χ1) is 11.6. The Morgan fingerprint density at radius 3 is 2.88 bits per heavy atom. The van der Waals surface area contributed by atoms with E-state index in [-0.39, 0.29) is 17.8 Å². The standard InChI is InChI=1S/C17H24N6O/c1-12-6-8-18-16(21-12)17(24)19-11-13-5-4-10-22(2)15(13)14-7-9-20-23(14)3/h6-9,13,15H,4-5,10-11H2,1-3H3,(H,19,24)/t13-,15+/m0/s1. The molecule has 2 atom stereocenters. The molecule has 0 bridgehead atoms. The predicted octanol–water partition coefficient (Wildman–Crippen LogP) is 1.33. The molecule has 3 heterocycles. The second-order valence-electron chi connectivity index (χ2n) is 6.44. The van der Waals surface area contributed by atoms with Crippen molar-refractivity contribution < 1.29 is 4.79 Å². The summed E-state index contributed by atoms with van der Waals surface area (Å²) >= 11 is 0. The van der Waals surface area contributed by atoms with Gasteiger partial charge in [0.2, 0.25) is 5.82 Å². The van der Waals surface area contributed by atoms with E-state index in [1.807, 2.05) is 24.9 Å². The predicted molar refractivity (Wildman–Crippen MR) is 90.4 cm³/mol. The topological polar surface area (TPSA) is 75.9 Å². The molecule has 1 aliphatic heterocycles. The van der Waals surface area contributed by atoms with Crippen LogP contribution >= 0.6 is 0 Å². The fourth-order valence-electron chi connectivity index (χ4n) is 3.48. The van der Waals surface area contributed by atoms with Gasteiger partial charge >= 0.3 is 0 Å². The molecule has 0 aliphatic carbocycles. The van der Waals surface area contributed by atoms with Crippen LogP contribution < -0.4 is 5.32 Å². The van der Waals surface area contributed by atoms with Crippen molar-refractivity contribution in [3.05, 3.63) is 41.7 Å². The number of aromatic nitrogens is 4. The van der Waals surface area contributed by atoms with Gasteiger partial charge in [-0.05, 0) is 51.4 Å². The summed E-state index contributed by atoms with van der Waals surface area (Å²) in [5.74, 6) is 0.361. The first-order valence-electron chi connectivity index (χ1n) is 8.32. The van der Waals surface area contributed by atoms with Crippen LogP contribution in [0.3, 0.4) is 0 Å². The Morgan fingerprint density at radius 2 is 2.17 bits per heavy atom. The molecule has 24 heavy (non-hydrogen) atoms. The average molecular weight is 328 g/mol. The van der Waals surface area contributed by atoms with Crippen LogP contribution in [-0.2, 0) is 7.05 Å². The molecule has 2 aromatic heterocycles. The molecule has 1 amide bonds. The normalized spacial score (nSPS) is 21.6. The molecule has 2 aromatic rings. The van der Waals surface area contributed by atoms with E-state index in [9.17, 15) is 4.79 Å². The summed E-state index contributed by atoms with van der Waals surface area (Å²) in [7, 11) is 4.10. The summed E-state index contributed by atoms with van der Waals surface area (Å²) in [4.78, 5) is 22.9. The molecule has 1 N–H and O–H groups in total. The van der Waals surface area contributed by atoms with E-state index in [4.69, 9.17) is 0 Å². The second-order valence-corrected chi connectivity index (χ2v) is 6.44. The molecule has 0 saturated carbocycles. The summed E-state index contributed by atoms with van der Waals surface area (Å²) in [5.41, 5.74) is 1.98. The van der Waals surface area contributed by atoms with Crippen molar-refractivity contribution in [1.29, 1.82) is 0 Å². The van der Waals surface area contributed by atoms with Gasteiger partial charge in [0.15, 0.2) is 0 Å². The Balaban J connectivity index is 1.70. The highest BCUT2D eigenvalue weighted by Crippen LogP contribution is 2.34. The quantitative estimate of drug-likeness (QED) is 0.916. The molecule has 0 spiro atoms. The van der Waals surface area contributed by atoms with Gasteiger partial charge in [-0.1, -0.05) is 0 Å². The minimum Gasteiger partial charge on any atom is -0.349 e. The molecular formula is C17H24N6O. The Kier molecular flexibility index (Phi) is 4.89. The number of piperidine rings is 1. The van der Waals surface area contributed by atoms with Crippen LogP contribution in [0.1, 0.15) is 40.9 Å². The zero-order valence-electron chi connectivity index (χ0n) is 14.4. The fraction of sp³-hybridized carbons (Fsp3) is 0.529. The maximum Gasteiger partial charge on any atom is 0.289 e. The molecular weight excluding hydrogens is 304 g/mol. The van der Waals surface area contributed by atoms with Crippen molar-refractivity contribution in [2.24, 2.45) is 13.0 Å². The van der Waals surface area contributed by atoms with Crippen molar-refractivity contribution >= 4 is 5.91 Å². The first kappa shape index (κ1) is 16.6. The van der Waals surface area contributed by atoms with Crippen LogP contribution in [0.5, 0.6) is 0 Å². The molecule has 0 radical (unpaired) electrons. The molecule has 3 rings (SSSR count). The van der Waals surface area contributed by atoms with E-state index in [0.29, 0.717) is 12.5 Å². The molecule has 1 fully saturated rings. The van der Waals surface area contributed by atoms with Crippen molar-refractivity contribution in [2.45, 2.75) is 25.8 Å². The summed E-state index contributed by atoms with van der Waals surface area (Å²) in [6.07, 6.45) is 5.65. The van der Waals surface area contributed by atoms with Gasteiger partial charge in [0.05, 0.1) is 11.7 Å². The molecule has 128 valence electrons. The SMILES string of the molecule is Cc1ccnc(C(=O)NC[C@@H]2CCCN(C)[C@H]2c2ccnn2C)n1. The van der Waals surface area contributed by atoms with E-state index < -0.39 is 0 Å². The Hall–Kier alpha value is -2.28. The number of nitrogens with one attached hydrogen (secondary N) is 1. The molecule has 1 aliphatic rings. The molecule has 1 saturated heterocycles. The van der Waals surface area contributed by atoms with E-state index >= 15 is 0 Å². The monoisotopic (exact) mass is 328 g/mol. The number of carbonyl (C=O) groups excluding carboxylic acids is 1. The number of carbonyl (C=O) groups is 1. The maximum atomic E-state index is 12.3. The zero-order chi connectivity index (χ0) is 17.1. The highest BCUT2D eigenvalue weighted by atomic mass is 16.2. The average Bonchev–Trinajstić information content (AvgIpc) is 2.98. The lowest BCUT2D eigenvalue weighted by atomic mass is 9.87. The van der Waals surface area contributed by atoms with Crippen molar-refractivity contribution in [3.8, 4) is 0 Å². The third-order valence-corrected chi connectivity index (χ3v) is 4.69. The smallest absolute Gasteiger partial charge is 0.289 e. The van der Waals surface area contributed by atoms with Crippen LogP contribution in [0.25, 0.3) is 0 Å². The van der Waals surface area contributed by atoms with Gasteiger partial charge in [-0.15, -0.1) is 0 Å². The maximum absolute atomic E-state index is 12.3. The number of amides is 1. The zero-order valence-corrected chi connectivity index (χ0v) is 14.4. The highest BCUT2D eigenvalue weighted by Gasteiger charge is 2.32. The number of aryl methyl sites for hydroxylation is 2. The summed E-state index contributed by atoms with van der Waals surface area (Å²) in [5, 5.41) is 7.30. The van der Waals surface area contributed by atoms with E-state index in [0.717, 1.165) is 25.1 Å². The molecule has 0 aromatic carbocycles. The van der Waals surface area contributed by atoms with Crippen LogP contribution in [-0.4, -0.2) is 50.7 Å². The third-order valence-electron chi connectivity index (χ3n) is 4.69. The van der Waals surface area contributed by atoms with Crippen LogP contribution in [0.15, 0.2) is 24.5 Å². The Bertz CT molecular complexity index is 713. The molecule has 0 unspecified atom stereocenters. The van der Waals surface area contributed by atoms with Gasteiger partial charge in [-0.2, -0.15) is 5.10 Å². The Labute approximate surface area is 142 Å². The van der Waals surface area contributed by atoms with Gasteiger partial charge in [-0.25, -0.2) is 9.97 Å². The van der Waals surface area contributed by atoms with E-state index in [2.05, 4.69) is 38.4 Å². The van der Waals surface area contributed by atoms with Crippen LogP contribution in [0.2, 0.25) is 0 Å². The van der Waals surface area contributed by atoms with Crippen molar-refractivity contribution in [3.63, 3.8) is 0 Å². The van der Waals surface area contributed by atoms with E-state index in [1.165, 1.54) is 5.69 Å². The van der Waals surface area contributed by atoms with E-state index in [1.54, 1.807) is 12.3 Å². The minimum absolute atomic E-state index is 0.212. The summed E-state index contributed by atoms with van der Waals surface area (Å²) in [6, 6.07) is 4.10. The highest BCUT2D eigenvalue weighted by molar-refractivity contribution is 5.90. The van der Waals surface area contributed by atoms with Crippen molar-refractivity contribution in [2.75, 3.05) is 20.1 Å². The van der Waals surface area contributed by atoms with Gasteiger partial charge < -0.3 is 5.32 Å². The number of rotatable bonds is 4.